The Morgan fingerprint density at radius 1 is 1.26 bits per heavy atom. The van der Waals surface area contributed by atoms with Crippen LogP contribution in [0.4, 0.5) is 11.7 Å². The van der Waals surface area contributed by atoms with Crippen LogP contribution >= 0.6 is 31.9 Å². The third-order valence-electron chi connectivity index (χ3n) is 2.30. The van der Waals surface area contributed by atoms with Gasteiger partial charge in [0.2, 0.25) is 5.89 Å². The molecule has 0 amide bonds. The predicted octanol–water partition coefficient (Wildman–Crippen LogP) is 3.84. The number of hydrogen-bond acceptors (Lipinski definition) is 5. The molecule has 2 N–H and O–H groups in total. The molecule has 0 atom stereocenters. The van der Waals surface area contributed by atoms with Crippen LogP contribution in [0.15, 0.2) is 31.6 Å². The van der Waals surface area contributed by atoms with Crippen molar-refractivity contribution in [2.75, 3.05) is 5.32 Å². The first-order chi connectivity index (χ1) is 9.04. The molecular formula is C12H14Br2N4O. The number of rotatable bonds is 5. The van der Waals surface area contributed by atoms with Crippen molar-refractivity contribution >= 4 is 43.6 Å². The summed E-state index contributed by atoms with van der Waals surface area (Å²) in [6.07, 6.45) is 0. The van der Waals surface area contributed by atoms with Crippen molar-refractivity contribution in [1.82, 2.24) is 15.5 Å². The van der Waals surface area contributed by atoms with Crippen molar-refractivity contribution in [2.45, 2.75) is 26.4 Å². The fourth-order valence-corrected chi connectivity index (χ4v) is 2.08. The highest BCUT2D eigenvalue weighted by Gasteiger charge is 2.08. The van der Waals surface area contributed by atoms with Crippen LogP contribution in [0.2, 0.25) is 0 Å². The lowest BCUT2D eigenvalue weighted by atomic mass is 10.3. The predicted molar refractivity (Wildman–Crippen MR) is 81.4 cm³/mol. The average Bonchev–Trinajstić information content (AvgIpc) is 2.79. The summed E-state index contributed by atoms with van der Waals surface area (Å²) in [6.45, 7) is 4.69. The van der Waals surface area contributed by atoms with E-state index < -0.39 is 0 Å². The molecule has 0 bridgehead atoms. The minimum Gasteiger partial charge on any atom is -0.406 e. The van der Waals surface area contributed by atoms with Crippen molar-refractivity contribution in [2.24, 2.45) is 0 Å². The molecule has 1 heterocycles. The Labute approximate surface area is 128 Å². The maximum atomic E-state index is 5.50. The molecule has 5 nitrogen and oxygen atoms in total. The van der Waals surface area contributed by atoms with E-state index in [-0.39, 0.29) is 0 Å². The maximum Gasteiger partial charge on any atom is 0.320 e. The van der Waals surface area contributed by atoms with Gasteiger partial charge in [-0.15, -0.1) is 5.10 Å². The van der Waals surface area contributed by atoms with E-state index in [0.717, 1.165) is 14.6 Å². The van der Waals surface area contributed by atoms with E-state index in [9.17, 15) is 0 Å². The topological polar surface area (TPSA) is 63.0 Å². The minimum absolute atomic E-state index is 0.374. The fraction of sp³-hybridized carbons (Fsp3) is 0.333. The summed E-state index contributed by atoms with van der Waals surface area (Å²) in [5.74, 6) is 0.558. The largest absolute Gasteiger partial charge is 0.406 e. The van der Waals surface area contributed by atoms with Crippen molar-refractivity contribution in [3.05, 3.63) is 33.0 Å². The average molecular weight is 390 g/mol. The van der Waals surface area contributed by atoms with E-state index in [1.807, 2.05) is 18.2 Å². The number of halogens is 2. The number of anilines is 2. The molecule has 0 unspecified atom stereocenters. The van der Waals surface area contributed by atoms with Crippen molar-refractivity contribution in [3.8, 4) is 0 Å². The lowest BCUT2D eigenvalue weighted by molar-refractivity contribution is 0.460. The van der Waals surface area contributed by atoms with Gasteiger partial charge in [-0.1, -0.05) is 34.9 Å². The first kappa shape index (κ1) is 14.5. The van der Waals surface area contributed by atoms with Gasteiger partial charge < -0.3 is 15.1 Å². The summed E-state index contributed by atoms with van der Waals surface area (Å²) < 4.78 is 7.40. The Kier molecular flexibility index (Phi) is 4.95. The second-order valence-electron chi connectivity index (χ2n) is 4.29. The molecule has 0 spiro atoms. The van der Waals surface area contributed by atoms with E-state index in [2.05, 4.69) is 66.5 Å². The number of nitrogens with zero attached hydrogens (tertiary/aromatic N) is 2. The Hall–Kier alpha value is -0.920. The van der Waals surface area contributed by atoms with Gasteiger partial charge in [-0.05, 0) is 34.1 Å². The van der Waals surface area contributed by atoms with Crippen LogP contribution in [0.3, 0.4) is 0 Å². The lowest BCUT2D eigenvalue weighted by Gasteiger charge is -2.05. The molecule has 0 aliphatic heterocycles. The van der Waals surface area contributed by atoms with Gasteiger partial charge in [0.25, 0.3) is 0 Å². The van der Waals surface area contributed by atoms with Crippen LogP contribution in [0, 0.1) is 0 Å². The first-order valence-corrected chi connectivity index (χ1v) is 7.41. The van der Waals surface area contributed by atoms with Crippen LogP contribution < -0.4 is 10.6 Å². The van der Waals surface area contributed by atoms with Crippen molar-refractivity contribution in [1.29, 1.82) is 0 Å². The van der Waals surface area contributed by atoms with E-state index in [0.29, 0.717) is 24.5 Å². The van der Waals surface area contributed by atoms with Gasteiger partial charge >= 0.3 is 6.01 Å². The van der Waals surface area contributed by atoms with Crippen LogP contribution in [0.5, 0.6) is 0 Å². The highest BCUT2D eigenvalue weighted by Crippen LogP contribution is 2.28. The van der Waals surface area contributed by atoms with Gasteiger partial charge in [0.1, 0.15) is 0 Å². The van der Waals surface area contributed by atoms with E-state index in [1.165, 1.54) is 0 Å². The summed E-state index contributed by atoms with van der Waals surface area (Å²) in [5.41, 5.74) is 0.862. The molecule has 0 fully saturated rings. The first-order valence-electron chi connectivity index (χ1n) is 5.82. The zero-order valence-corrected chi connectivity index (χ0v) is 13.7. The van der Waals surface area contributed by atoms with Gasteiger partial charge in [-0.2, -0.15) is 0 Å². The van der Waals surface area contributed by atoms with E-state index in [1.54, 1.807) is 0 Å². The minimum atomic E-state index is 0.374. The molecule has 7 heteroatoms. The highest BCUT2D eigenvalue weighted by atomic mass is 79.9. The number of aromatic nitrogens is 2. The van der Waals surface area contributed by atoms with Gasteiger partial charge in [0.05, 0.1) is 12.2 Å². The summed E-state index contributed by atoms with van der Waals surface area (Å²) in [6, 6.07) is 6.56. The normalized spacial score (nSPS) is 11.0. The number of nitrogens with one attached hydrogen (secondary N) is 2. The van der Waals surface area contributed by atoms with Crippen LogP contribution in [-0.4, -0.2) is 16.2 Å². The van der Waals surface area contributed by atoms with Gasteiger partial charge in [0.15, 0.2) is 0 Å². The number of hydrogen-bond donors (Lipinski definition) is 2. The fourth-order valence-electron chi connectivity index (χ4n) is 1.38. The van der Waals surface area contributed by atoms with Crippen molar-refractivity contribution in [3.63, 3.8) is 0 Å². The molecule has 1 aromatic heterocycles. The summed E-state index contributed by atoms with van der Waals surface area (Å²) in [4.78, 5) is 0. The van der Waals surface area contributed by atoms with E-state index >= 15 is 0 Å². The van der Waals surface area contributed by atoms with Crippen LogP contribution in [0.25, 0.3) is 0 Å². The molecule has 0 radical (unpaired) electrons. The zero-order chi connectivity index (χ0) is 13.8. The molecule has 0 aliphatic rings. The smallest absolute Gasteiger partial charge is 0.320 e. The summed E-state index contributed by atoms with van der Waals surface area (Å²) in [5, 5.41) is 14.2. The van der Waals surface area contributed by atoms with Gasteiger partial charge in [0, 0.05) is 15.0 Å². The SMILES string of the molecule is CC(C)NCc1nnc(Nc2cc(Br)ccc2Br)o1. The molecule has 0 saturated heterocycles. The van der Waals surface area contributed by atoms with E-state index in [4.69, 9.17) is 4.42 Å². The third kappa shape index (κ3) is 4.29. The quantitative estimate of drug-likeness (QED) is 0.813. The summed E-state index contributed by atoms with van der Waals surface area (Å²) in [7, 11) is 0. The molecule has 19 heavy (non-hydrogen) atoms. The molecule has 2 aromatic rings. The molecular weight excluding hydrogens is 376 g/mol. The Morgan fingerprint density at radius 2 is 2.05 bits per heavy atom. The summed E-state index contributed by atoms with van der Waals surface area (Å²) >= 11 is 6.88. The van der Waals surface area contributed by atoms with Crippen LogP contribution in [0.1, 0.15) is 19.7 Å². The molecule has 1 aromatic carbocycles. The second-order valence-corrected chi connectivity index (χ2v) is 6.06. The molecule has 0 aliphatic carbocycles. The second kappa shape index (κ2) is 6.49. The van der Waals surface area contributed by atoms with Gasteiger partial charge in [-0.25, -0.2) is 0 Å². The molecule has 0 saturated carbocycles. The number of benzene rings is 1. The highest BCUT2D eigenvalue weighted by molar-refractivity contribution is 9.11. The monoisotopic (exact) mass is 388 g/mol. The lowest BCUT2D eigenvalue weighted by Crippen LogP contribution is -2.21. The standard InChI is InChI=1S/C12H14Br2N4O/c1-7(2)15-6-11-17-18-12(19-11)16-10-5-8(13)3-4-9(10)14/h3-5,7,15H,6H2,1-2H3,(H,16,18). The Morgan fingerprint density at radius 3 is 2.79 bits per heavy atom. The van der Waals surface area contributed by atoms with Crippen LogP contribution in [-0.2, 0) is 6.54 Å². The Bertz CT molecular complexity index is 556. The third-order valence-corrected chi connectivity index (χ3v) is 3.48. The van der Waals surface area contributed by atoms with Crippen molar-refractivity contribution < 1.29 is 4.42 Å². The molecule has 2 rings (SSSR count). The zero-order valence-electron chi connectivity index (χ0n) is 10.6. The Balaban J connectivity index is 2.05. The molecule has 102 valence electrons. The maximum absolute atomic E-state index is 5.50. The van der Waals surface area contributed by atoms with Gasteiger partial charge in [-0.3, -0.25) is 0 Å².